The smallest absolute Gasteiger partial charge is 0.295 e. The Kier molecular flexibility index (Phi) is 5.14. The fourth-order valence-corrected chi connectivity index (χ4v) is 4.81. The SMILES string of the molecule is O=C(Nc1nnc(SCc2cccs2)s1)c1ccc2nc(C(F)F)[nH]c2c1. The summed E-state index contributed by atoms with van der Waals surface area (Å²) in [6.45, 7) is 0. The number of imidazole rings is 1. The number of aromatic nitrogens is 4. The second-order valence-electron chi connectivity index (χ2n) is 5.35. The summed E-state index contributed by atoms with van der Waals surface area (Å²) in [6, 6.07) is 8.58. The van der Waals surface area contributed by atoms with E-state index >= 15 is 0 Å². The Morgan fingerprint density at radius 3 is 2.96 bits per heavy atom. The minimum absolute atomic E-state index is 0.315. The lowest BCUT2D eigenvalue weighted by Gasteiger charge is -2.00. The number of anilines is 1. The molecule has 0 atom stereocenters. The van der Waals surface area contributed by atoms with Crippen LogP contribution in [0.15, 0.2) is 40.1 Å². The van der Waals surface area contributed by atoms with E-state index in [0.717, 1.165) is 10.1 Å². The number of thiophene rings is 1. The van der Waals surface area contributed by atoms with E-state index in [2.05, 4.69) is 25.5 Å². The molecule has 3 aromatic heterocycles. The van der Waals surface area contributed by atoms with Crippen molar-refractivity contribution in [2.45, 2.75) is 16.5 Å². The number of hydrogen-bond acceptors (Lipinski definition) is 7. The van der Waals surface area contributed by atoms with Crippen molar-refractivity contribution in [2.24, 2.45) is 0 Å². The van der Waals surface area contributed by atoms with Gasteiger partial charge in [0, 0.05) is 16.2 Å². The number of aromatic amines is 1. The van der Waals surface area contributed by atoms with Crippen LogP contribution in [0.2, 0.25) is 0 Å². The molecule has 2 N–H and O–H groups in total. The Bertz CT molecular complexity index is 1080. The van der Waals surface area contributed by atoms with E-state index in [9.17, 15) is 13.6 Å². The first-order valence-corrected chi connectivity index (χ1v) is 10.3. The van der Waals surface area contributed by atoms with Gasteiger partial charge in [-0.3, -0.25) is 10.1 Å². The maximum Gasteiger partial charge on any atom is 0.295 e. The van der Waals surface area contributed by atoms with Crippen LogP contribution in [0.4, 0.5) is 13.9 Å². The molecule has 1 amide bonds. The molecule has 0 aliphatic carbocycles. The summed E-state index contributed by atoms with van der Waals surface area (Å²) in [4.78, 5) is 19.9. The molecule has 1 aromatic carbocycles. The third-order valence-electron chi connectivity index (χ3n) is 3.51. The van der Waals surface area contributed by atoms with Crippen molar-refractivity contribution < 1.29 is 13.6 Å². The fourth-order valence-electron chi connectivity index (χ4n) is 2.29. The van der Waals surface area contributed by atoms with Gasteiger partial charge in [-0.2, -0.15) is 0 Å². The highest BCUT2D eigenvalue weighted by molar-refractivity contribution is 8.00. The molecule has 4 aromatic rings. The highest BCUT2D eigenvalue weighted by Gasteiger charge is 2.15. The molecule has 0 bridgehead atoms. The third kappa shape index (κ3) is 4.15. The average molecular weight is 423 g/mol. The molecule has 0 aliphatic heterocycles. The Balaban J connectivity index is 1.43. The first-order chi connectivity index (χ1) is 13.1. The predicted molar refractivity (Wildman–Crippen MR) is 103 cm³/mol. The van der Waals surface area contributed by atoms with Crippen molar-refractivity contribution in [2.75, 3.05) is 5.32 Å². The first-order valence-electron chi connectivity index (χ1n) is 7.66. The first kappa shape index (κ1) is 18.0. The molecule has 6 nitrogen and oxygen atoms in total. The topological polar surface area (TPSA) is 83.6 Å². The van der Waals surface area contributed by atoms with E-state index < -0.39 is 18.2 Å². The Labute approximate surface area is 164 Å². The minimum atomic E-state index is -2.69. The molecule has 0 radical (unpaired) electrons. The number of rotatable bonds is 6. The molecular weight excluding hydrogens is 412 g/mol. The normalized spacial score (nSPS) is 11.4. The highest BCUT2D eigenvalue weighted by atomic mass is 32.2. The molecule has 0 unspecified atom stereocenters. The quantitative estimate of drug-likeness (QED) is 0.338. The van der Waals surface area contributed by atoms with Gasteiger partial charge in [-0.05, 0) is 29.6 Å². The van der Waals surface area contributed by atoms with Gasteiger partial charge in [0.25, 0.3) is 12.3 Å². The number of benzene rings is 1. The Morgan fingerprint density at radius 1 is 1.30 bits per heavy atom. The van der Waals surface area contributed by atoms with Gasteiger partial charge in [0.2, 0.25) is 5.13 Å². The summed E-state index contributed by atoms with van der Waals surface area (Å²) in [5.74, 6) is -0.0152. The Morgan fingerprint density at radius 2 is 2.19 bits per heavy atom. The number of carbonyl (C=O) groups excluding carboxylic acids is 1. The van der Waals surface area contributed by atoms with Crippen LogP contribution >= 0.6 is 34.4 Å². The van der Waals surface area contributed by atoms with Gasteiger partial charge in [-0.1, -0.05) is 29.2 Å². The van der Waals surface area contributed by atoms with Gasteiger partial charge in [0.15, 0.2) is 10.2 Å². The summed E-state index contributed by atoms with van der Waals surface area (Å²) in [7, 11) is 0. The summed E-state index contributed by atoms with van der Waals surface area (Å²) in [5.41, 5.74) is 1.07. The third-order valence-corrected chi connectivity index (χ3v) is 6.59. The second kappa shape index (κ2) is 7.71. The number of nitrogens with one attached hydrogen (secondary N) is 2. The summed E-state index contributed by atoms with van der Waals surface area (Å²) < 4.78 is 26.2. The number of nitrogens with zero attached hydrogens (tertiary/aromatic N) is 3. The zero-order valence-electron chi connectivity index (χ0n) is 13.5. The maximum atomic E-state index is 12.7. The number of hydrogen-bond donors (Lipinski definition) is 2. The van der Waals surface area contributed by atoms with Crippen molar-refractivity contribution >= 4 is 56.5 Å². The van der Waals surface area contributed by atoms with Crippen LogP contribution in [0.1, 0.15) is 27.5 Å². The van der Waals surface area contributed by atoms with Crippen LogP contribution in [0.25, 0.3) is 11.0 Å². The molecule has 0 fully saturated rings. The van der Waals surface area contributed by atoms with E-state index in [1.807, 2.05) is 17.5 Å². The molecule has 0 saturated heterocycles. The van der Waals surface area contributed by atoms with Crippen LogP contribution in [0, 0.1) is 0 Å². The van der Waals surface area contributed by atoms with Crippen LogP contribution in [0.5, 0.6) is 0 Å². The van der Waals surface area contributed by atoms with Crippen molar-refractivity contribution in [1.82, 2.24) is 20.2 Å². The van der Waals surface area contributed by atoms with Crippen molar-refractivity contribution in [1.29, 1.82) is 0 Å². The van der Waals surface area contributed by atoms with Gasteiger partial charge in [0.05, 0.1) is 11.0 Å². The average Bonchev–Trinajstić information content (AvgIpc) is 3.39. The van der Waals surface area contributed by atoms with Crippen molar-refractivity contribution in [3.8, 4) is 0 Å². The molecule has 4 rings (SSSR count). The molecule has 0 saturated carbocycles. The van der Waals surface area contributed by atoms with Gasteiger partial charge in [-0.25, -0.2) is 13.8 Å². The summed E-state index contributed by atoms with van der Waals surface area (Å²) in [5, 5.41) is 13.1. The number of carbonyl (C=O) groups is 1. The van der Waals surface area contributed by atoms with Crippen LogP contribution in [0.3, 0.4) is 0 Å². The molecule has 0 spiro atoms. The lowest BCUT2D eigenvalue weighted by Crippen LogP contribution is -2.11. The molecule has 11 heteroatoms. The number of thioether (sulfide) groups is 1. The van der Waals surface area contributed by atoms with E-state index in [1.165, 1.54) is 34.4 Å². The second-order valence-corrected chi connectivity index (χ2v) is 8.58. The number of alkyl halides is 2. The molecular formula is C16H11F2N5OS3. The van der Waals surface area contributed by atoms with Crippen molar-refractivity contribution in [3.05, 3.63) is 52.0 Å². The number of H-pyrrole nitrogens is 1. The minimum Gasteiger partial charge on any atom is -0.337 e. The standard InChI is InChI=1S/C16H11F2N5OS3/c17-12(18)13-19-10-4-3-8(6-11(10)20-13)14(24)21-15-22-23-16(27-15)26-7-9-2-1-5-25-9/h1-6,12H,7H2,(H,19,20)(H,21,22,24). The van der Waals surface area contributed by atoms with Gasteiger partial charge in [-0.15, -0.1) is 21.5 Å². The van der Waals surface area contributed by atoms with E-state index in [1.54, 1.807) is 23.1 Å². The summed E-state index contributed by atoms with van der Waals surface area (Å²) in [6.07, 6.45) is -2.69. The zero-order chi connectivity index (χ0) is 18.8. The van der Waals surface area contributed by atoms with E-state index in [0.29, 0.717) is 21.7 Å². The molecule has 27 heavy (non-hydrogen) atoms. The molecule has 3 heterocycles. The largest absolute Gasteiger partial charge is 0.337 e. The molecule has 0 aliphatic rings. The number of fused-ring (bicyclic) bond motifs is 1. The lowest BCUT2D eigenvalue weighted by atomic mass is 10.2. The van der Waals surface area contributed by atoms with Crippen molar-refractivity contribution in [3.63, 3.8) is 0 Å². The Hall–Kier alpha value is -2.37. The lowest BCUT2D eigenvalue weighted by molar-refractivity contribution is 0.102. The summed E-state index contributed by atoms with van der Waals surface area (Å²) >= 11 is 4.50. The van der Waals surface area contributed by atoms with Crippen LogP contribution < -0.4 is 5.32 Å². The zero-order valence-corrected chi connectivity index (χ0v) is 15.9. The molecule has 138 valence electrons. The van der Waals surface area contributed by atoms with Gasteiger partial charge < -0.3 is 4.98 Å². The monoisotopic (exact) mass is 423 g/mol. The van der Waals surface area contributed by atoms with Crippen LogP contribution in [-0.2, 0) is 5.75 Å². The fraction of sp³-hybridized carbons (Fsp3) is 0.125. The highest BCUT2D eigenvalue weighted by Crippen LogP contribution is 2.30. The number of amides is 1. The van der Waals surface area contributed by atoms with Gasteiger partial charge in [0.1, 0.15) is 0 Å². The van der Waals surface area contributed by atoms with E-state index in [-0.39, 0.29) is 0 Å². The van der Waals surface area contributed by atoms with Gasteiger partial charge >= 0.3 is 0 Å². The van der Waals surface area contributed by atoms with Crippen LogP contribution in [-0.4, -0.2) is 26.1 Å². The predicted octanol–water partition coefficient (Wildman–Crippen LogP) is 4.96. The van der Waals surface area contributed by atoms with E-state index in [4.69, 9.17) is 0 Å². The maximum absolute atomic E-state index is 12.7. The number of halogens is 2.